The Balaban J connectivity index is 1.13. The van der Waals surface area contributed by atoms with Gasteiger partial charge in [-0.2, -0.15) is 0 Å². The van der Waals surface area contributed by atoms with Crippen molar-refractivity contribution in [3.05, 3.63) is 182 Å². The molecule has 50 heavy (non-hydrogen) atoms. The van der Waals surface area contributed by atoms with E-state index < -0.39 is 0 Å². The van der Waals surface area contributed by atoms with Crippen LogP contribution in [0.5, 0.6) is 0 Å². The van der Waals surface area contributed by atoms with Crippen LogP contribution in [-0.2, 0) is 0 Å². The molecule has 0 aliphatic heterocycles. The van der Waals surface area contributed by atoms with Gasteiger partial charge in [0.1, 0.15) is 11.2 Å². The molecule has 0 aliphatic carbocycles. The van der Waals surface area contributed by atoms with Gasteiger partial charge in [-0.3, -0.25) is 0 Å². The molecule has 10 aromatic rings. The van der Waals surface area contributed by atoms with Crippen molar-refractivity contribution in [2.24, 2.45) is 0 Å². The van der Waals surface area contributed by atoms with Gasteiger partial charge in [0.25, 0.3) is 0 Å². The van der Waals surface area contributed by atoms with Gasteiger partial charge in [0, 0.05) is 71.1 Å². The van der Waals surface area contributed by atoms with Crippen molar-refractivity contribution in [2.45, 2.75) is 0 Å². The van der Waals surface area contributed by atoms with E-state index >= 15 is 0 Å². The first-order valence-electron chi connectivity index (χ1n) is 16.8. The number of hydrogen-bond donors (Lipinski definition) is 0. The summed E-state index contributed by atoms with van der Waals surface area (Å²) in [4.78, 5) is 4.64. The van der Waals surface area contributed by atoms with Crippen molar-refractivity contribution in [1.82, 2.24) is 0 Å². The van der Waals surface area contributed by atoms with E-state index in [2.05, 4.69) is 192 Å². The van der Waals surface area contributed by atoms with Crippen LogP contribution in [0.15, 0.2) is 186 Å². The molecular weight excluding hydrogens is 629 g/mol. The molecule has 0 unspecified atom stereocenters. The second-order valence-electron chi connectivity index (χ2n) is 12.6. The minimum absolute atomic E-state index is 0.855. The van der Waals surface area contributed by atoms with E-state index in [0.29, 0.717) is 0 Å². The van der Waals surface area contributed by atoms with Crippen molar-refractivity contribution in [1.29, 1.82) is 0 Å². The van der Waals surface area contributed by atoms with Crippen LogP contribution in [0.1, 0.15) is 0 Å². The van der Waals surface area contributed by atoms with Gasteiger partial charge in [0.05, 0.1) is 0 Å². The Morgan fingerprint density at radius 1 is 0.320 bits per heavy atom. The number of para-hydroxylation sites is 2. The Labute approximate surface area is 293 Å². The molecule has 0 amide bonds. The fraction of sp³-hybridized carbons (Fsp3) is 0. The Kier molecular flexibility index (Phi) is 6.68. The third-order valence-corrected chi connectivity index (χ3v) is 10.7. The summed E-state index contributed by atoms with van der Waals surface area (Å²) in [7, 11) is 0. The number of benzene rings is 8. The fourth-order valence-corrected chi connectivity index (χ4v) is 8.34. The van der Waals surface area contributed by atoms with Crippen LogP contribution >= 0.6 is 11.3 Å². The zero-order valence-corrected chi connectivity index (χ0v) is 27.8. The van der Waals surface area contributed by atoms with Crippen LogP contribution in [0.3, 0.4) is 0 Å². The second-order valence-corrected chi connectivity index (χ2v) is 13.7. The second kappa shape index (κ2) is 11.7. The lowest BCUT2D eigenvalue weighted by Crippen LogP contribution is -2.09. The SMILES string of the molecule is c1ccc(N(c2ccccc2)c2ccc3oc4cc(N(c5ccc6ccccc6c5)c5ccc6sc7ccccc7c6c5)ccc4c3c2)cc1. The zero-order valence-electron chi connectivity index (χ0n) is 27.0. The van der Waals surface area contributed by atoms with Crippen molar-refractivity contribution in [2.75, 3.05) is 9.80 Å². The maximum Gasteiger partial charge on any atom is 0.137 e. The molecule has 0 fully saturated rings. The molecule has 2 aromatic heterocycles. The lowest BCUT2D eigenvalue weighted by atomic mass is 10.1. The van der Waals surface area contributed by atoms with Gasteiger partial charge in [-0.1, -0.05) is 84.9 Å². The minimum Gasteiger partial charge on any atom is -0.456 e. The summed E-state index contributed by atoms with van der Waals surface area (Å²) in [6.07, 6.45) is 0. The largest absolute Gasteiger partial charge is 0.456 e. The first kappa shape index (κ1) is 28.6. The maximum absolute atomic E-state index is 6.60. The first-order chi connectivity index (χ1) is 24.8. The summed E-state index contributed by atoms with van der Waals surface area (Å²) >= 11 is 1.84. The fourth-order valence-electron chi connectivity index (χ4n) is 7.25. The van der Waals surface area contributed by atoms with E-state index in [4.69, 9.17) is 4.42 Å². The molecule has 10 rings (SSSR count). The number of anilines is 6. The topological polar surface area (TPSA) is 19.6 Å². The summed E-state index contributed by atoms with van der Waals surface area (Å²) in [6, 6.07) is 64.9. The van der Waals surface area contributed by atoms with E-state index in [1.807, 2.05) is 11.3 Å². The normalized spacial score (nSPS) is 11.6. The molecule has 0 aliphatic rings. The first-order valence-corrected chi connectivity index (χ1v) is 17.7. The molecule has 4 heteroatoms. The smallest absolute Gasteiger partial charge is 0.137 e. The lowest BCUT2D eigenvalue weighted by Gasteiger charge is -2.26. The maximum atomic E-state index is 6.60. The monoisotopic (exact) mass is 658 g/mol. The summed E-state index contributed by atoms with van der Waals surface area (Å²) < 4.78 is 9.20. The standard InChI is InChI=1S/C46H30N2OS/c1-3-13-33(14-4-1)47(34-15-5-2-6-16-34)36-22-25-43-41(28-36)39-24-21-38(30-44(39)49-43)48(35-20-19-31-11-7-8-12-32(31)27-35)37-23-26-46-42(29-37)40-17-9-10-18-45(40)50-46/h1-30H. The number of furan rings is 1. The highest BCUT2D eigenvalue weighted by Crippen LogP contribution is 2.44. The van der Waals surface area contributed by atoms with Crippen molar-refractivity contribution in [3.63, 3.8) is 0 Å². The molecule has 0 bridgehead atoms. The number of hydrogen-bond acceptors (Lipinski definition) is 4. The average Bonchev–Trinajstić information content (AvgIpc) is 3.73. The third kappa shape index (κ3) is 4.80. The molecule has 8 aromatic carbocycles. The predicted molar refractivity (Wildman–Crippen MR) is 213 cm³/mol. The molecular formula is C46H30N2OS. The highest BCUT2D eigenvalue weighted by Gasteiger charge is 2.19. The van der Waals surface area contributed by atoms with Crippen LogP contribution < -0.4 is 9.80 Å². The Morgan fingerprint density at radius 3 is 1.68 bits per heavy atom. The molecule has 3 nitrogen and oxygen atoms in total. The number of thiophene rings is 1. The Bertz CT molecular complexity index is 2800. The van der Waals surface area contributed by atoms with Gasteiger partial charge in [0.15, 0.2) is 0 Å². The molecule has 2 heterocycles. The Hall–Kier alpha value is -6.36. The molecule has 0 atom stereocenters. The molecule has 0 N–H and O–H groups in total. The number of fused-ring (bicyclic) bond motifs is 7. The number of rotatable bonds is 6. The summed E-state index contributed by atoms with van der Waals surface area (Å²) in [5, 5.41) is 7.16. The van der Waals surface area contributed by atoms with Crippen LogP contribution in [-0.4, -0.2) is 0 Å². The van der Waals surface area contributed by atoms with E-state index in [1.54, 1.807) is 0 Å². The van der Waals surface area contributed by atoms with E-state index in [0.717, 1.165) is 56.1 Å². The van der Waals surface area contributed by atoms with Gasteiger partial charge < -0.3 is 14.2 Å². The highest BCUT2D eigenvalue weighted by atomic mass is 32.1. The van der Waals surface area contributed by atoms with Gasteiger partial charge in [-0.15, -0.1) is 11.3 Å². The minimum atomic E-state index is 0.855. The van der Waals surface area contributed by atoms with Gasteiger partial charge in [-0.25, -0.2) is 0 Å². The quantitative estimate of drug-likeness (QED) is 0.177. The summed E-state index contributed by atoms with van der Waals surface area (Å²) in [5.41, 5.74) is 8.26. The van der Waals surface area contributed by atoms with E-state index in [1.165, 1.54) is 30.9 Å². The lowest BCUT2D eigenvalue weighted by molar-refractivity contribution is 0.669. The molecule has 236 valence electrons. The van der Waals surface area contributed by atoms with Gasteiger partial charge in [-0.05, 0) is 102 Å². The third-order valence-electron chi connectivity index (χ3n) is 9.59. The molecule has 0 saturated carbocycles. The molecule has 0 radical (unpaired) electrons. The predicted octanol–water partition coefficient (Wildman–Crippen LogP) is 14.0. The Morgan fingerprint density at radius 2 is 0.880 bits per heavy atom. The van der Waals surface area contributed by atoms with Crippen molar-refractivity contribution < 1.29 is 4.42 Å². The zero-order chi connectivity index (χ0) is 33.0. The van der Waals surface area contributed by atoms with Crippen LogP contribution in [0.4, 0.5) is 34.1 Å². The van der Waals surface area contributed by atoms with Crippen LogP contribution in [0.25, 0.3) is 52.9 Å². The molecule has 0 saturated heterocycles. The highest BCUT2D eigenvalue weighted by molar-refractivity contribution is 7.25. The van der Waals surface area contributed by atoms with E-state index in [-0.39, 0.29) is 0 Å². The van der Waals surface area contributed by atoms with Crippen LogP contribution in [0.2, 0.25) is 0 Å². The van der Waals surface area contributed by atoms with Gasteiger partial charge in [0.2, 0.25) is 0 Å². The van der Waals surface area contributed by atoms with Crippen LogP contribution in [0, 0.1) is 0 Å². The average molecular weight is 659 g/mol. The van der Waals surface area contributed by atoms with Crippen molar-refractivity contribution >= 4 is 98.3 Å². The summed E-state index contributed by atoms with van der Waals surface area (Å²) in [6.45, 7) is 0. The summed E-state index contributed by atoms with van der Waals surface area (Å²) in [5.74, 6) is 0. The number of nitrogens with zero attached hydrogens (tertiary/aromatic N) is 2. The van der Waals surface area contributed by atoms with Crippen molar-refractivity contribution in [3.8, 4) is 0 Å². The molecule has 0 spiro atoms. The van der Waals surface area contributed by atoms with Gasteiger partial charge >= 0.3 is 0 Å². The van der Waals surface area contributed by atoms with E-state index in [9.17, 15) is 0 Å².